The van der Waals surface area contributed by atoms with Gasteiger partial charge in [0.1, 0.15) is 0 Å². The SMILES string of the molecule is Cc1cc(C)c2nc[nH]c(=O)c2n1. The van der Waals surface area contributed by atoms with Gasteiger partial charge in [-0.3, -0.25) is 4.79 Å². The molecule has 0 saturated carbocycles. The molecule has 2 aromatic heterocycles. The van der Waals surface area contributed by atoms with E-state index in [4.69, 9.17) is 0 Å². The maximum Gasteiger partial charge on any atom is 0.277 e. The number of nitrogens with zero attached hydrogens (tertiary/aromatic N) is 2. The molecule has 0 spiro atoms. The summed E-state index contributed by atoms with van der Waals surface area (Å²) in [4.78, 5) is 22.0. The minimum absolute atomic E-state index is 0.184. The second-order valence-corrected chi connectivity index (χ2v) is 3.01. The van der Waals surface area contributed by atoms with Gasteiger partial charge >= 0.3 is 0 Å². The normalized spacial score (nSPS) is 10.6. The molecule has 0 unspecified atom stereocenters. The Kier molecular flexibility index (Phi) is 1.62. The number of hydrogen-bond donors (Lipinski definition) is 1. The van der Waals surface area contributed by atoms with Gasteiger partial charge in [-0.2, -0.15) is 0 Å². The number of aromatic amines is 1. The van der Waals surface area contributed by atoms with Crippen molar-refractivity contribution < 1.29 is 0 Å². The van der Waals surface area contributed by atoms with Gasteiger partial charge in [0.15, 0.2) is 5.52 Å². The Morgan fingerprint density at radius 3 is 2.85 bits per heavy atom. The van der Waals surface area contributed by atoms with Crippen LogP contribution in [0.5, 0.6) is 0 Å². The number of aromatic nitrogens is 3. The maximum atomic E-state index is 11.3. The zero-order valence-corrected chi connectivity index (χ0v) is 7.46. The van der Waals surface area contributed by atoms with Crippen molar-refractivity contribution >= 4 is 11.0 Å². The summed E-state index contributed by atoms with van der Waals surface area (Å²) in [5, 5.41) is 0. The van der Waals surface area contributed by atoms with Crippen LogP contribution >= 0.6 is 0 Å². The van der Waals surface area contributed by atoms with E-state index in [2.05, 4.69) is 15.0 Å². The molecule has 0 aliphatic heterocycles. The summed E-state index contributed by atoms with van der Waals surface area (Å²) in [6.45, 7) is 3.78. The van der Waals surface area contributed by atoms with E-state index in [0.717, 1.165) is 11.3 Å². The number of hydrogen-bond acceptors (Lipinski definition) is 3. The monoisotopic (exact) mass is 175 g/mol. The van der Waals surface area contributed by atoms with Gasteiger partial charge in [0.25, 0.3) is 5.56 Å². The fourth-order valence-electron chi connectivity index (χ4n) is 1.38. The van der Waals surface area contributed by atoms with Gasteiger partial charge < -0.3 is 4.98 Å². The average Bonchev–Trinajstić information content (AvgIpc) is 2.07. The number of H-pyrrole nitrogens is 1. The van der Waals surface area contributed by atoms with Gasteiger partial charge in [-0.25, -0.2) is 9.97 Å². The Balaban J connectivity index is 3.03. The lowest BCUT2D eigenvalue weighted by atomic mass is 10.2. The van der Waals surface area contributed by atoms with Gasteiger partial charge in [-0.1, -0.05) is 0 Å². The number of aryl methyl sites for hydroxylation is 2. The van der Waals surface area contributed by atoms with Crippen LogP contribution < -0.4 is 5.56 Å². The Labute approximate surface area is 74.7 Å². The van der Waals surface area contributed by atoms with Crippen molar-refractivity contribution in [1.82, 2.24) is 15.0 Å². The molecule has 0 aromatic carbocycles. The Bertz CT molecular complexity index is 516. The van der Waals surface area contributed by atoms with Crippen LogP contribution in [0.25, 0.3) is 11.0 Å². The van der Waals surface area contributed by atoms with Crippen LogP contribution in [-0.4, -0.2) is 15.0 Å². The molecule has 13 heavy (non-hydrogen) atoms. The molecular formula is C9H9N3O. The summed E-state index contributed by atoms with van der Waals surface area (Å²) < 4.78 is 0. The smallest absolute Gasteiger partial charge is 0.277 e. The van der Waals surface area contributed by atoms with Crippen LogP contribution in [0.4, 0.5) is 0 Å². The third-order valence-electron chi connectivity index (χ3n) is 1.92. The molecule has 0 amide bonds. The van der Waals surface area contributed by atoms with Gasteiger partial charge in [0.05, 0.1) is 11.8 Å². The van der Waals surface area contributed by atoms with Gasteiger partial charge in [-0.15, -0.1) is 0 Å². The summed E-state index contributed by atoms with van der Waals surface area (Å²) in [6.07, 6.45) is 1.40. The van der Waals surface area contributed by atoms with Crippen molar-refractivity contribution in [2.24, 2.45) is 0 Å². The van der Waals surface area contributed by atoms with Crippen LogP contribution in [0.3, 0.4) is 0 Å². The van der Waals surface area contributed by atoms with Crippen LogP contribution in [0.2, 0.25) is 0 Å². The highest BCUT2D eigenvalue weighted by Crippen LogP contribution is 2.10. The molecule has 4 nitrogen and oxygen atoms in total. The topological polar surface area (TPSA) is 58.6 Å². The predicted molar refractivity (Wildman–Crippen MR) is 49.6 cm³/mol. The molecule has 0 fully saturated rings. The third-order valence-corrected chi connectivity index (χ3v) is 1.92. The number of rotatable bonds is 0. The van der Waals surface area contributed by atoms with E-state index in [1.54, 1.807) is 0 Å². The van der Waals surface area contributed by atoms with E-state index in [9.17, 15) is 4.79 Å². The molecule has 0 aliphatic carbocycles. The predicted octanol–water partition coefficient (Wildman–Crippen LogP) is 0.935. The van der Waals surface area contributed by atoms with Crippen LogP contribution in [0.1, 0.15) is 11.3 Å². The first kappa shape index (κ1) is 7.91. The van der Waals surface area contributed by atoms with E-state index in [0.29, 0.717) is 11.0 Å². The first-order valence-corrected chi connectivity index (χ1v) is 4.00. The van der Waals surface area contributed by atoms with E-state index in [1.807, 2.05) is 19.9 Å². The fourth-order valence-corrected chi connectivity index (χ4v) is 1.38. The minimum Gasteiger partial charge on any atom is -0.311 e. The van der Waals surface area contributed by atoms with Gasteiger partial charge in [0, 0.05) is 5.69 Å². The fraction of sp³-hybridized carbons (Fsp3) is 0.222. The van der Waals surface area contributed by atoms with Crippen LogP contribution in [0, 0.1) is 13.8 Å². The van der Waals surface area contributed by atoms with Crippen molar-refractivity contribution in [3.05, 3.63) is 34.0 Å². The number of fused-ring (bicyclic) bond motifs is 1. The molecule has 2 heterocycles. The first-order chi connectivity index (χ1) is 6.18. The van der Waals surface area contributed by atoms with Crippen molar-refractivity contribution in [3.63, 3.8) is 0 Å². The molecule has 0 radical (unpaired) electrons. The molecule has 0 aliphatic rings. The van der Waals surface area contributed by atoms with Crippen LogP contribution in [0.15, 0.2) is 17.2 Å². The average molecular weight is 175 g/mol. The zero-order valence-electron chi connectivity index (χ0n) is 7.46. The maximum absolute atomic E-state index is 11.3. The van der Waals surface area contributed by atoms with Crippen molar-refractivity contribution in [2.45, 2.75) is 13.8 Å². The van der Waals surface area contributed by atoms with Crippen molar-refractivity contribution in [2.75, 3.05) is 0 Å². The lowest BCUT2D eigenvalue weighted by molar-refractivity contribution is 1.12. The molecule has 2 aromatic rings. The molecule has 0 bridgehead atoms. The van der Waals surface area contributed by atoms with Gasteiger partial charge in [0.2, 0.25) is 0 Å². The number of pyridine rings is 1. The standard InChI is InChI=1S/C9H9N3O/c1-5-3-6(2)12-8-7(5)10-4-11-9(8)13/h3-4H,1-2H3,(H,10,11,13). The Morgan fingerprint density at radius 2 is 2.08 bits per heavy atom. The largest absolute Gasteiger partial charge is 0.311 e. The Morgan fingerprint density at radius 1 is 1.31 bits per heavy atom. The highest BCUT2D eigenvalue weighted by atomic mass is 16.1. The molecule has 0 atom stereocenters. The lowest BCUT2D eigenvalue weighted by Gasteiger charge is -2.00. The van der Waals surface area contributed by atoms with E-state index in [1.165, 1.54) is 6.33 Å². The van der Waals surface area contributed by atoms with E-state index < -0.39 is 0 Å². The first-order valence-electron chi connectivity index (χ1n) is 4.00. The molecule has 1 N–H and O–H groups in total. The highest BCUT2D eigenvalue weighted by Gasteiger charge is 2.03. The third kappa shape index (κ3) is 1.20. The zero-order chi connectivity index (χ0) is 9.42. The van der Waals surface area contributed by atoms with Crippen LogP contribution in [-0.2, 0) is 0 Å². The number of nitrogens with one attached hydrogen (secondary N) is 1. The summed E-state index contributed by atoms with van der Waals surface area (Å²) in [5.41, 5.74) is 2.73. The Hall–Kier alpha value is -1.71. The molecule has 66 valence electrons. The van der Waals surface area contributed by atoms with Crippen molar-refractivity contribution in [3.8, 4) is 0 Å². The quantitative estimate of drug-likeness (QED) is 0.648. The van der Waals surface area contributed by atoms with Gasteiger partial charge in [-0.05, 0) is 25.5 Å². The lowest BCUT2D eigenvalue weighted by Crippen LogP contribution is -2.09. The second-order valence-electron chi connectivity index (χ2n) is 3.01. The summed E-state index contributed by atoms with van der Waals surface area (Å²) in [6, 6.07) is 1.91. The van der Waals surface area contributed by atoms with E-state index >= 15 is 0 Å². The molecular weight excluding hydrogens is 166 g/mol. The molecule has 4 heteroatoms. The van der Waals surface area contributed by atoms with E-state index in [-0.39, 0.29) is 5.56 Å². The minimum atomic E-state index is -0.184. The van der Waals surface area contributed by atoms with Crippen molar-refractivity contribution in [1.29, 1.82) is 0 Å². The highest BCUT2D eigenvalue weighted by molar-refractivity contribution is 5.76. The molecule has 0 saturated heterocycles. The summed E-state index contributed by atoms with van der Waals surface area (Å²) in [5.74, 6) is 0. The second kappa shape index (κ2) is 2.65. The summed E-state index contributed by atoms with van der Waals surface area (Å²) >= 11 is 0. The summed E-state index contributed by atoms with van der Waals surface area (Å²) in [7, 11) is 0. The molecule has 2 rings (SSSR count).